The van der Waals surface area contributed by atoms with Crippen molar-refractivity contribution in [2.45, 2.75) is 52.7 Å². The van der Waals surface area contributed by atoms with Crippen molar-refractivity contribution in [2.75, 3.05) is 50.8 Å². The Morgan fingerprint density at radius 2 is 1.97 bits per heavy atom. The highest BCUT2D eigenvalue weighted by Crippen LogP contribution is 2.28. The van der Waals surface area contributed by atoms with Crippen molar-refractivity contribution < 1.29 is 18.7 Å². The number of anilines is 1. The molecule has 30 heavy (non-hydrogen) atoms. The number of benzene rings is 1. The van der Waals surface area contributed by atoms with Gasteiger partial charge < -0.3 is 19.7 Å². The van der Waals surface area contributed by atoms with E-state index in [-0.39, 0.29) is 29.5 Å². The third kappa shape index (κ3) is 6.84. The molecule has 2 aliphatic rings. The first-order valence-electron chi connectivity index (χ1n) is 11.0. The van der Waals surface area contributed by atoms with E-state index >= 15 is 0 Å². The van der Waals surface area contributed by atoms with Gasteiger partial charge in [0.25, 0.3) is 0 Å². The number of carbonyl (C=O) groups excluding carboxylic acids is 1. The van der Waals surface area contributed by atoms with Crippen molar-refractivity contribution in [1.29, 1.82) is 0 Å². The predicted molar refractivity (Wildman–Crippen MR) is 117 cm³/mol. The van der Waals surface area contributed by atoms with Crippen LogP contribution in [0.2, 0.25) is 0 Å². The lowest BCUT2D eigenvalue weighted by atomic mass is 9.89. The quantitative estimate of drug-likeness (QED) is 0.731. The van der Waals surface area contributed by atoms with Gasteiger partial charge in [0.05, 0.1) is 13.2 Å². The number of rotatable bonds is 7. The number of carbonyl (C=O) groups is 1. The average molecular weight is 422 g/mol. The normalized spacial score (nSPS) is 19.3. The summed E-state index contributed by atoms with van der Waals surface area (Å²) in [5, 5.41) is 2.98. The van der Waals surface area contributed by atoms with Crippen LogP contribution in [0.1, 0.15) is 39.7 Å². The van der Waals surface area contributed by atoms with Crippen molar-refractivity contribution in [1.82, 2.24) is 10.2 Å². The summed E-state index contributed by atoms with van der Waals surface area (Å²) in [5.41, 5.74) is 2.15. The molecule has 168 valence electrons. The van der Waals surface area contributed by atoms with Crippen molar-refractivity contribution in [3.63, 3.8) is 0 Å². The molecule has 1 aromatic rings. The number of alkyl carbamates (subject to hydrolysis) is 1. The lowest BCUT2D eigenvalue weighted by Gasteiger charge is -2.33. The molecule has 1 amide bonds. The van der Waals surface area contributed by atoms with E-state index in [0.717, 1.165) is 63.5 Å². The van der Waals surface area contributed by atoms with E-state index in [9.17, 15) is 9.18 Å². The minimum atomic E-state index is -0.372. The van der Waals surface area contributed by atoms with E-state index in [1.54, 1.807) is 6.07 Å². The summed E-state index contributed by atoms with van der Waals surface area (Å²) >= 11 is 0. The zero-order valence-electron chi connectivity index (χ0n) is 18.7. The molecule has 0 aliphatic carbocycles. The fourth-order valence-corrected chi connectivity index (χ4v) is 4.29. The molecular formula is C23H36FN3O3. The van der Waals surface area contributed by atoms with Crippen LogP contribution < -0.4 is 10.2 Å². The fraction of sp³-hybridized carbons (Fsp3) is 0.696. The lowest BCUT2D eigenvalue weighted by molar-refractivity contribution is -0.000768. The van der Waals surface area contributed by atoms with E-state index in [1.165, 1.54) is 6.07 Å². The van der Waals surface area contributed by atoms with E-state index in [2.05, 4.69) is 35.9 Å². The van der Waals surface area contributed by atoms with Gasteiger partial charge in [-0.1, -0.05) is 20.8 Å². The number of hydrogen-bond donors (Lipinski definition) is 1. The number of halogens is 1. The molecule has 0 radical (unpaired) electrons. The maximum Gasteiger partial charge on any atom is 0.407 e. The molecule has 7 heteroatoms. The Labute approximate surface area is 179 Å². The van der Waals surface area contributed by atoms with Gasteiger partial charge in [0, 0.05) is 44.5 Å². The Morgan fingerprint density at radius 3 is 2.67 bits per heavy atom. The van der Waals surface area contributed by atoms with Crippen molar-refractivity contribution >= 4 is 11.8 Å². The number of fused-ring (bicyclic) bond motifs is 1. The zero-order valence-corrected chi connectivity index (χ0v) is 18.7. The maximum absolute atomic E-state index is 13.4. The average Bonchev–Trinajstić information content (AvgIpc) is 3.02. The Hall–Kier alpha value is -1.86. The van der Waals surface area contributed by atoms with Gasteiger partial charge in [0.1, 0.15) is 11.9 Å². The van der Waals surface area contributed by atoms with Gasteiger partial charge in [-0.15, -0.1) is 0 Å². The van der Waals surface area contributed by atoms with Crippen LogP contribution in [0, 0.1) is 11.2 Å². The largest absolute Gasteiger partial charge is 0.445 e. The molecule has 1 N–H and O–H groups in total. The standard InChI is InChI=1S/C23H36FN3O3/c1-17(15-27-8-7-18-13-19(24)5-6-21(18)27)25-22(28)30-20(14-23(2,3)4)16-26-9-11-29-12-10-26/h5-6,13,17,20H,7-12,14-16H2,1-4H3,(H,25,28). The molecule has 1 fully saturated rings. The minimum absolute atomic E-state index is 0.0668. The molecule has 0 aromatic heterocycles. The predicted octanol–water partition coefficient (Wildman–Crippen LogP) is 3.44. The van der Waals surface area contributed by atoms with Gasteiger partial charge in [-0.25, -0.2) is 9.18 Å². The Kier molecular flexibility index (Phi) is 7.58. The van der Waals surface area contributed by atoms with E-state index in [0.29, 0.717) is 6.54 Å². The van der Waals surface area contributed by atoms with E-state index in [1.807, 2.05) is 13.0 Å². The lowest BCUT2D eigenvalue weighted by Crippen LogP contribution is -2.46. The highest BCUT2D eigenvalue weighted by atomic mass is 19.1. The SMILES string of the molecule is CC(CN1CCc2cc(F)ccc21)NC(=O)OC(CN1CCOCC1)CC(C)(C)C. The van der Waals surface area contributed by atoms with Gasteiger partial charge in [0.2, 0.25) is 0 Å². The third-order valence-electron chi connectivity index (χ3n) is 5.57. The van der Waals surface area contributed by atoms with Crippen LogP contribution in [-0.4, -0.2) is 69.1 Å². The summed E-state index contributed by atoms with van der Waals surface area (Å²) in [7, 11) is 0. The van der Waals surface area contributed by atoms with Crippen molar-refractivity contribution in [2.24, 2.45) is 5.41 Å². The van der Waals surface area contributed by atoms with Gasteiger partial charge in [-0.05, 0) is 48.9 Å². The number of ether oxygens (including phenoxy) is 2. The summed E-state index contributed by atoms with van der Waals surface area (Å²) < 4.78 is 24.7. The number of hydrogen-bond acceptors (Lipinski definition) is 5. The van der Waals surface area contributed by atoms with Crippen LogP contribution >= 0.6 is 0 Å². The monoisotopic (exact) mass is 421 g/mol. The smallest absolute Gasteiger partial charge is 0.407 e. The second-order valence-electron chi connectivity index (χ2n) is 9.72. The summed E-state index contributed by atoms with van der Waals surface area (Å²) in [6.45, 7) is 13.9. The van der Waals surface area contributed by atoms with Gasteiger partial charge in [-0.2, -0.15) is 0 Å². The van der Waals surface area contributed by atoms with Crippen LogP contribution in [0.3, 0.4) is 0 Å². The molecule has 2 atom stereocenters. The summed E-state index contributed by atoms with van der Waals surface area (Å²) in [4.78, 5) is 17.1. The summed E-state index contributed by atoms with van der Waals surface area (Å²) in [5.74, 6) is -0.199. The fourth-order valence-electron chi connectivity index (χ4n) is 4.29. The molecule has 1 saturated heterocycles. The topological polar surface area (TPSA) is 54.0 Å². The van der Waals surface area contributed by atoms with E-state index in [4.69, 9.17) is 9.47 Å². The zero-order chi connectivity index (χ0) is 21.7. The Bertz CT molecular complexity index is 716. The minimum Gasteiger partial charge on any atom is -0.445 e. The van der Waals surface area contributed by atoms with Crippen LogP contribution in [-0.2, 0) is 15.9 Å². The molecule has 1 aromatic carbocycles. The molecule has 2 unspecified atom stereocenters. The number of amides is 1. The van der Waals surface area contributed by atoms with Crippen LogP contribution in [0.5, 0.6) is 0 Å². The highest BCUT2D eigenvalue weighted by molar-refractivity contribution is 5.68. The van der Waals surface area contributed by atoms with Gasteiger partial charge in [0.15, 0.2) is 0 Å². The van der Waals surface area contributed by atoms with Crippen LogP contribution in [0.4, 0.5) is 14.9 Å². The summed E-state index contributed by atoms with van der Waals surface area (Å²) in [6.07, 6.45) is 1.10. The number of morpholine rings is 1. The third-order valence-corrected chi connectivity index (χ3v) is 5.57. The maximum atomic E-state index is 13.4. The van der Waals surface area contributed by atoms with E-state index < -0.39 is 0 Å². The molecule has 2 aliphatic heterocycles. The van der Waals surface area contributed by atoms with Crippen LogP contribution in [0.25, 0.3) is 0 Å². The molecular weight excluding hydrogens is 385 g/mol. The van der Waals surface area contributed by atoms with Gasteiger partial charge in [-0.3, -0.25) is 4.90 Å². The molecule has 3 rings (SSSR count). The first-order valence-corrected chi connectivity index (χ1v) is 11.0. The number of nitrogens with one attached hydrogen (secondary N) is 1. The Balaban J connectivity index is 1.51. The number of nitrogens with zero attached hydrogens (tertiary/aromatic N) is 2. The first kappa shape index (κ1) is 22.8. The summed E-state index contributed by atoms with van der Waals surface area (Å²) in [6, 6.07) is 4.84. The molecule has 0 spiro atoms. The molecule has 6 nitrogen and oxygen atoms in total. The van der Waals surface area contributed by atoms with Gasteiger partial charge >= 0.3 is 6.09 Å². The first-order chi connectivity index (χ1) is 14.2. The molecule has 0 saturated carbocycles. The van der Waals surface area contributed by atoms with Crippen molar-refractivity contribution in [3.8, 4) is 0 Å². The van der Waals surface area contributed by atoms with Crippen molar-refractivity contribution in [3.05, 3.63) is 29.6 Å². The Morgan fingerprint density at radius 1 is 1.23 bits per heavy atom. The second-order valence-corrected chi connectivity index (χ2v) is 9.72. The van der Waals surface area contributed by atoms with Crippen LogP contribution in [0.15, 0.2) is 18.2 Å². The second kappa shape index (κ2) is 9.96. The molecule has 2 heterocycles. The molecule has 0 bridgehead atoms. The highest BCUT2D eigenvalue weighted by Gasteiger charge is 2.27.